The van der Waals surface area contributed by atoms with Gasteiger partial charge in [-0.3, -0.25) is 9.89 Å². The van der Waals surface area contributed by atoms with Crippen LogP contribution in [0.3, 0.4) is 0 Å². The number of hydrogen-bond acceptors (Lipinski definition) is 5. The van der Waals surface area contributed by atoms with Crippen molar-refractivity contribution in [1.29, 1.82) is 0 Å². The van der Waals surface area contributed by atoms with Crippen molar-refractivity contribution in [3.8, 4) is 16.9 Å². The van der Waals surface area contributed by atoms with Crippen molar-refractivity contribution < 1.29 is 19.7 Å². The second-order valence-corrected chi connectivity index (χ2v) is 8.70. The number of allylic oxidation sites excluding steroid dienone is 2. The third-order valence-corrected chi connectivity index (χ3v) is 6.42. The van der Waals surface area contributed by atoms with Gasteiger partial charge in [-0.1, -0.05) is 32.0 Å². The number of Topliss-reactive ketones (excluding diaryl/α,β-unsaturated/α-hetero) is 1. The highest BCUT2D eigenvalue weighted by atomic mass is 16.5. The molecule has 0 spiro atoms. The van der Waals surface area contributed by atoms with E-state index in [1.165, 1.54) is 0 Å². The molecule has 2 aliphatic rings. The summed E-state index contributed by atoms with van der Waals surface area (Å²) in [4.78, 5) is 13.5. The smallest absolute Gasteiger partial charge is 0.193 e. The van der Waals surface area contributed by atoms with Crippen molar-refractivity contribution in [3.05, 3.63) is 76.6 Å². The number of ether oxygens (including phenoxy) is 1. The fraction of sp³-hybridized carbons (Fsp3) is 0.280. The van der Waals surface area contributed by atoms with E-state index in [4.69, 9.17) is 9.84 Å². The van der Waals surface area contributed by atoms with E-state index in [2.05, 4.69) is 30.1 Å². The Bertz CT molecular complexity index is 1210. The second kappa shape index (κ2) is 7.18. The van der Waals surface area contributed by atoms with Gasteiger partial charge in [0.05, 0.1) is 12.8 Å². The molecule has 1 aromatic heterocycles. The van der Waals surface area contributed by atoms with E-state index in [0.29, 0.717) is 11.3 Å². The van der Waals surface area contributed by atoms with Crippen LogP contribution in [-0.2, 0) is 11.8 Å². The van der Waals surface area contributed by atoms with Crippen molar-refractivity contribution in [2.45, 2.75) is 31.8 Å². The predicted octanol–water partition coefficient (Wildman–Crippen LogP) is 3.29. The average molecular weight is 416 g/mol. The van der Waals surface area contributed by atoms with Crippen molar-refractivity contribution in [3.63, 3.8) is 0 Å². The summed E-state index contributed by atoms with van der Waals surface area (Å²) in [5, 5.41) is 25.5. The van der Waals surface area contributed by atoms with E-state index < -0.39 is 6.10 Å². The van der Waals surface area contributed by atoms with E-state index in [9.17, 15) is 9.90 Å². The van der Waals surface area contributed by atoms with Gasteiger partial charge in [0.25, 0.3) is 0 Å². The minimum atomic E-state index is -0.936. The number of nitrogens with zero attached hydrogens (tertiary/aromatic N) is 1. The topological polar surface area (TPSA) is 95.4 Å². The van der Waals surface area contributed by atoms with Crippen LogP contribution < -0.4 is 4.74 Å². The standard InChI is InChI=1S/C25H24N2O4/c1-25(2)21-9-18(31-13-17(29)12-28)4-6-20(21)24(30)23-19-5-3-14(16-10-26-27-11-16)7-15(19)8-22(23)25/h3-7,9-11,17,28-29H,8,12-13H2,1-2H3,(H,26,27)/t17-/m1/s1. The third-order valence-electron chi connectivity index (χ3n) is 6.42. The summed E-state index contributed by atoms with van der Waals surface area (Å²) < 4.78 is 5.64. The zero-order chi connectivity index (χ0) is 21.8. The number of carbonyl (C=O) groups excluding carboxylic acids is 1. The third kappa shape index (κ3) is 3.10. The fourth-order valence-corrected chi connectivity index (χ4v) is 4.68. The Morgan fingerprint density at radius 3 is 2.71 bits per heavy atom. The summed E-state index contributed by atoms with van der Waals surface area (Å²) >= 11 is 0. The van der Waals surface area contributed by atoms with Gasteiger partial charge >= 0.3 is 0 Å². The first kappa shape index (κ1) is 19.7. The lowest BCUT2D eigenvalue weighted by molar-refractivity contribution is 0.0535. The number of carbonyl (C=O) groups is 1. The molecular weight excluding hydrogens is 392 g/mol. The number of benzene rings is 2. The van der Waals surface area contributed by atoms with Gasteiger partial charge in [-0.25, -0.2) is 0 Å². The molecule has 5 rings (SSSR count). The quantitative estimate of drug-likeness (QED) is 0.593. The van der Waals surface area contributed by atoms with E-state index in [1.807, 2.05) is 30.5 Å². The largest absolute Gasteiger partial charge is 0.491 e. The van der Waals surface area contributed by atoms with Crippen molar-refractivity contribution in [2.24, 2.45) is 0 Å². The number of nitrogens with one attached hydrogen (secondary N) is 1. The number of H-pyrrole nitrogens is 1. The Kier molecular flexibility index (Phi) is 4.57. The zero-order valence-corrected chi connectivity index (χ0v) is 17.5. The van der Waals surface area contributed by atoms with Crippen molar-refractivity contribution in [1.82, 2.24) is 10.2 Å². The Balaban J connectivity index is 1.52. The van der Waals surface area contributed by atoms with Gasteiger partial charge in [0, 0.05) is 28.3 Å². The van der Waals surface area contributed by atoms with Crippen LogP contribution in [0, 0.1) is 0 Å². The van der Waals surface area contributed by atoms with Gasteiger partial charge in [-0.05, 0) is 52.4 Å². The normalized spacial score (nSPS) is 17.2. The predicted molar refractivity (Wildman–Crippen MR) is 117 cm³/mol. The number of aromatic amines is 1. The monoisotopic (exact) mass is 416 g/mol. The molecule has 3 N–H and O–H groups in total. The Morgan fingerprint density at radius 1 is 1.16 bits per heavy atom. The molecule has 3 aromatic rings. The van der Waals surface area contributed by atoms with Gasteiger partial charge in [0.1, 0.15) is 18.5 Å². The van der Waals surface area contributed by atoms with Crippen LogP contribution in [-0.4, -0.2) is 45.5 Å². The van der Waals surface area contributed by atoms with Crippen LogP contribution in [0.15, 0.2) is 54.4 Å². The fourth-order valence-electron chi connectivity index (χ4n) is 4.68. The highest BCUT2D eigenvalue weighted by molar-refractivity contribution is 6.33. The summed E-state index contributed by atoms with van der Waals surface area (Å²) in [7, 11) is 0. The maximum Gasteiger partial charge on any atom is 0.193 e. The van der Waals surface area contributed by atoms with Gasteiger partial charge in [0.15, 0.2) is 5.78 Å². The first-order valence-electron chi connectivity index (χ1n) is 10.4. The Labute approximate surface area is 180 Å². The molecule has 0 aliphatic heterocycles. The molecule has 1 heterocycles. The molecule has 0 bridgehead atoms. The number of aromatic nitrogens is 2. The number of aliphatic hydroxyl groups is 2. The van der Waals surface area contributed by atoms with Crippen LogP contribution >= 0.6 is 0 Å². The minimum Gasteiger partial charge on any atom is -0.491 e. The zero-order valence-electron chi connectivity index (χ0n) is 17.5. The highest BCUT2D eigenvalue weighted by Crippen LogP contribution is 2.50. The SMILES string of the molecule is CC1(C)C2=C(C(=O)c3ccc(OC[C@H](O)CO)cc31)c1ccc(-c3cn[nH]c3)cc1C2. The maximum atomic E-state index is 13.5. The lowest BCUT2D eigenvalue weighted by Gasteiger charge is -2.34. The molecule has 0 saturated heterocycles. The molecule has 6 heteroatoms. The van der Waals surface area contributed by atoms with Crippen LogP contribution in [0.2, 0.25) is 0 Å². The first-order valence-corrected chi connectivity index (χ1v) is 10.4. The van der Waals surface area contributed by atoms with E-state index in [1.54, 1.807) is 12.3 Å². The summed E-state index contributed by atoms with van der Waals surface area (Å²) in [6.45, 7) is 3.93. The summed E-state index contributed by atoms with van der Waals surface area (Å²) in [6, 6.07) is 11.7. The molecule has 6 nitrogen and oxygen atoms in total. The molecule has 0 saturated carbocycles. The van der Waals surface area contributed by atoms with Crippen LogP contribution in [0.1, 0.15) is 40.9 Å². The average Bonchev–Trinajstić information content (AvgIpc) is 3.44. The van der Waals surface area contributed by atoms with Gasteiger partial charge in [-0.15, -0.1) is 0 Å². The molecule has 0 radical (unpaired) electrons. The number of fused-ring (bicyclic) bond motifs is 3. The van der Waals surface area contributed by atoms with Gasteiger partial charge in [-0.2, -0.15) is 5.10 Å². The number of ketones is 1. The lowest BCUT2D eigenvalue weighted by Crippen LogP contribution is -2.30. The molecule has 2 aromatic carbocycles. The number of aliphatic hydroxyl groups excluding tert-OH is 2. The molecule has 31 heavy (non-hydrogen) atoms. The Morgan fingerprint density at radius 2 is 1.97 bits per heavy atom. The van der Waals surface area contributed by atoms with E-state index >= 15 is 0 Å². The first-order chi connectivity index (χ1) is 14.9. The second-order valence-electron chi connectivity index (χ2n) is 8.70. The van der Waals surface area contributed by atoms with Crippen LogP contribution in [0.25, 0.3) is 16.7 Å². The minimum absolute atomic E-state index is 0.000161. The number of rotatable bonds is 5. The summed E-state index contributed by atoms with van der Waals surface area (Å²) in [5.74, 6) is 0.620. The molecule has 2 aliphatic carbocycles. The highest BCUT2D eigenvalue weighted by Gasteiger charge is 2.43. The lowest BCUT2D eigenvalue weighted by atomic mass is 9.68. The van der Waals surface area contributed by atoms with Crippen molar-refractivity contribution in [2.75, 3.05) is 13.2 Å². The Hall–Kier alpha value is -3.22. The summed E-state index contributed by atoms with van der Waals surface area (Å²) in [5.41, 5.74) is 7.47. The van der Waals surface area contributed by atoms with E-state index in [0.717, 1.165) is 45.4 Å². The maximum absolute atomic E-state index is 13.5. The van der Waals surface area contributed by atoms with Crippen molar-refractivity contribution >= 4 is 11.4 Å². The van der Waals surface area contributed by atoms with E-state index in [-0.39, 0.29) is 24.4 Å². The van der Waals surface area contributed by atoms with Gasteiger partial charge in [0.2, 0.25) is 0 Å². The molecule has 1 atom stereocenters. The summed E-state index contributed by atoms with van der Waals surface area (Å²) in [6.07, 6.45) is 3.45. The molecule has 0 amide bonds. The molecule has 0 fully saturated rings. The molecule has 158 valence electrons. The van der Waals surface area contributed by atoms with Crippen LogP contribution in [0.4, 0.5) is 0 Å². The van der Waals surface area contributed by atoms with Crippen LogP contribution in [0.5, 0.6) is 5.75 Å². The molecule has 0 unspecified atom stereocenters. The van der Waals surface area contributed by atoms with Gasteiger partial charge < -0.3 is 14.9 Å². The number of hydrogen-bond donors (Lipinski definition) is 3. The molecular formula is C25H24N2O4.